The molecule has 1 unspecified atom stereocenters. The minimum atomic E-state index is -0.215. The van der Waals surface area contributed by atoms with Crippen LogP contribution in [0.1, 0.15) is 0 Å². The van der Waals surface area contributed by atoms with Gasteiger partial charge in [-0.2, -0.15) is 12.6 Å². The molecule has 0 saturated carbocycles. The highest BCUT2D eigenvalue weighted by Gasteiger charge is 1.92. The van der Waals surface area contributed by atoms with E-state index in [0.717, 1.165) is 0 Å². The van der Waals surface area contributed by atoms with Crippen LogP contribution < -0.4 is 11.1 Å². The molecule has 0 aromatic rings. The Morgan fingerprint density at radius 3 is 2.62 bits per heavy atom. The molecule has 0 spiro atoms. The van der Waals surface area contributed by atoms with E-state index in [4.69, 9.17) is 11.1 Å². The van der Waals surface area contributed by atoms with Gasteiger partial charge in [-0.3, -0.25) is 5.41 Å². The van der Waals surface area contributed by atoms with Crippen molar-refractivity contribution in [3.63, 3.8) is 0 Å². The van der Waals surface area contributed by atoms with Crippen molar-refractivity contribution in [2.45, 2.75) is 5.37 Å². The zero-order valence-electron chi connectivity index (χ0n) is 4.39. The highest BCUT2D eigenvalue weighted by Crippen LogP contribution is 1.86. The van der Waals surface area contributed by atoms with Gasteiger partial charge in [-0.15, -0.1) is 6.58 Å². The fraction of sp³-hybridized carbons (Fsp3) is 0.250. The number of rotatable bonds is 2. The zero-order chi connectivity index (χ0) is 6.57. The summed E-state index contributed by atoms with van der Waals surface area (Å²) in [5, 5.41) is 8.98. The lowest BCUT2D eigenvalue weighted by molar-refractivity contribution is 0.961. The standard InChI is InChI=1S/C4H9N3S/c1-2-3(8)7-4(5)6/h2-3,8H,1H2,(H4,5,6,7). The Kier molecular flexibility index (Phi) is 3.10. The molecule has 4 N–H and O–H groups in total. The second-order valence-electron chi connectivity index (χ2n) is 1.24. The third kappa shape index (κ3) is 3.55. The quantitative estimate of drug-likeness (QED) is 0.139. The number of hydrogen-bond acceptors (Lipinski definition) is 2. The number of nitrogens with two attached hydrogens (primary N) is 1. The minimum Gasteiger partial charge on any atom is -0.370 e. The maximum Gasteiger partial charge on any atom is 0.186 e. The zero-order valence-corrected chi connectivity index (χ0v) is 5.28. The van der Waals surface area contributed by atoms with Gasteiger partial charge in [-0.1, -0.05) is 6.08 Å². The molecule has 46 valence electrons. The SMILES string of the molecule is C=CC(S)NC(=N)N. The second kappa shape index (κ2) is 3.37. The van der Waals surface area contributed by atoms with Gasteiger partial charge < -0.3 is 11.1 Å². The molecule has 0 rings (SSSR count). The van der Waals surface area contributed by atoms with E-state index in [-0.39, 0.29) is 11.3 Å². The summed E-state index contributed by atoms with van der Waals surface area (Å²) in [6.07, 6.45) is 1.55. The van der Waals surface area contributed by atoms with Crippen molar-refractivity contribution in [1.82, 2.24) is 5.32 Å². The van der Waals surface area contributed by atoms with Crippen molar-refractivity contribution < 1.29 is 0 Å². The van der Waals surface area contributed by atoms with Gasteiger partial charge in [0.15, 0.2) is 5.96 Å². The van der Waals surface area contributed by atoms with E-state index in [1.807, 2.05) is 0 Å². The summed E-state index contributed by atoms with van der Waals surface area (Å²) >= 11 is 3.92. The number of thiol groups is 1. The third-order valence-corrected chi connectivity index (χ3v) is 0.867. The average molecular weight is 131 g/mol. The lowest BCUT2D eigenvalue weighted by atomic mass is 10.6. The van der Waals surface area contributed by atoms with Crippen molar-refractivity contribution in [2.24, 2.45) is 5.73 Å². The fourth-order valence-electron chi connectivity index (χ4n) is 0.218. The summed E-state index contributed by atoms with van der Waals surface area (Å²) < 4.78 is 0. The summed E-state index contributed by atoms with van der Waals surface area (Å²) in [5.74, 6) is -0.0927. The fourth-order valence-corrected chi connectivity index (χ4v) is 0.357. The molecule has 0 heterocycles. The molecule has 0 aliphatic heterocycles. The molecule has 0 fully saturated rings. The first kappa shape index (κ1) is 7.36. The monoisotopic (exact) mass is 131 g/mol. The molecule has 0 amide bonds. The van der Waals surface area contributed by atoms with Crippen LogP contribution in [0.5, 0.6) is 0 Å². The lowest BCUT2D eigenvalue weighted by Crippen LogP contribution is -2.34. The first-order chi connectivity index (χ1) is 3.66. The van der Waals surface area contributed by atoms with Crippen LogP contribution in [-0.2, 0) is 0 Å². The molecule has 0 aromatic heterocycles. The van der Waals surface area contributed by atoms with Gasteiger partial charge in [-0.25, -0.2) is 0 Å². The summed E-state index contributed by atoms with van der Waals surface area (Å²) in [4.78, 5) is 0. The number of nitrogens with one attached hydrogen (secondary N) is 2. The number of hydrogen-bond donors (Lipinski definition) is 4. The van der Waals surface area contributed by atoms with E-state index in [1.165, 1.54) is 0 Å². The molecule has 0 aromatic carbocycles. The largest absolute Gasteiger partial charge is 0.370 e. The van der Waals surface area contributed by atoms with E-state index in [0.29, 0.717) is 0 Å². The molecular formula is C4H9N3S. The predicted molar refractivity (Wildman–Crippen MR) is 38.0 cm³/mol. The Morgan fingerprint density at radius 1 is 2.00 bits per heavy atom. The molecule has 4 heteroatoms. The molecule has 3 nitrogen and oxygen atoms in total. The van der Waals surface area contributed by atoms with Gasteiger partial charge in [0.05, 0.1) is 5.37 Å². The molecule has 8 heavy (non-hydrogen) atoms. The predicted octanol–water partition coefficient (Wildman–Crippen LogP) is -0.0886. The van der Waals surface area contributed by atoms with Gasteiger partial charge >= 0.3 is 0 Å². The van der Waals surface area contributed by atoms with Gasteiger partial charge in [0, 0.05) is 0 Å². The van der Waals surface area contributed by atoms with Crippen LogP contribution in [-0.4, -0.2) is 11.3 Å². The van der Waals surface area contributed by atoms with E-state index in [2.05, 4.69) is 24.5 Å². The van der Waals surface area contributed by atoms with Crippen LogP contribution in [0.15, 0.2) is 12.7 Å². The van der Waals surface area contributed by atoms with Crippen molar-refractivity contribution in [1.29, 1.82) is 5.41 Å². The van der Waals surface area contributed by atoms with Crippen LogP contribution in [0.2, 0.25) is 0 Å². The van der Waals surface area contributed by atoms with Crippen LogP contribution in [0.4, 0.5) is 0 Å². The van der Waals surface area contributed by atoms with Crippen LogP contribution in [0, 0.1) is 5.41 Å². The second-order valence-corrected chi connectivity index (χ2v) is 1.79. The molecule has 0 aliphatic rings. The molecule has 0 bridgehead atoms. The first-order valence-electron chi connectivity index (χ1n) is 2.08. The molecule has 0 aliphatic carbocycles. The van der Waals surface area contributed by atoms with Crippen LogP contribution in [0.25, 0.3) is 0 Å². The molecule has 1 atom stereocenters. The topological polar surface area (TPSA) is 61.9 Å². The Morgan fingerprint density at radius 2 is 2.50 bits per heavy atom. The Hall–Kier alpha value is -0.640. The van der Waals surface area contributed by atoms with Gasteiger partial charge in [0.1, 0.15) is 0 Å². The molecule has 0 saturated heterocycles. The summed E-state index contributed by atoms with van der Waals surface area (Å²) in [7, 11) is 0. The van der Waals surface area contributed by atoms with Crippen molar-refractivity contribution in [2.75, 3.05) is 0 Å². The maximum absolute atomic E-state index is 6.70. The van der Waals surface area contributed by atoms with Gasteiger partial charge in [0.2, 0.25) is 0 Å². The van der Waals surface area contributed by atoms with E-state index < -0.39 is 0 Å². The minimum absolute atomic E-state index is 0.0927. The maximum atomic E-state index is 6.70. The summed E-state index contributed by atoms with van der Waals surface area (Å²) in [5.41, 5.74) is 4.94. The van der Waals surface area contributed by atoms with Crippen molar-refractivity contribution in [3.8, 4) is 0 Å². The summed E-state index contributed by atoms with van der Waals surface area (Å²) in [6.45, 7) is 3.42. The lowest BCUT2D eigenvalue weighted by Gasteiger charge is -2.05. The Balaban J connectivity index is 3.38. The Bertz CT molecular complexity index is 101. The highest BCUT2D eigenvalue weighted by atomic mass is 32.1. The average Bonchev–Trinajstić information content (AvgIpc) is 1.65. The van der Waals surface area contributed by atoms with Crippen molar-refractivity contribution >= 4 is 18.6 Å². The van der Waals surface area contributed by atoms with E-state index in [1.54, 1.807) is 6.08 Å². The highest BCUT2D eigenvalue weighted by molar-refractivity contribution is 7.81. The third-order valence-electron chi connectivity index (χ3n) is 0.527. The first-order valence-corrected chi connectivity index (χ1v) is 2.59. The van der Waals surface area contributed by atoms with Crippen LogP contribution >= 0.6 is 12.6 Å². The van der Waals surface area contributed by atoms with Crippen molar-refractivity contribution in [3.05, 3.63) is 12.7 Å². The number of guanidine groups is 1. The summed E-state index contributed by atoms with van der Waals surface area (Å²) in [6, 6.07) is 0. The van der Waals surface area contributed by atoms with E-state index >= 15 is 0 Å². The Labute approximate surface area is 53.9 Å². The van der Waals surface area contributed by atoms with E-state index in [9.17, 15) is 0 Å². The van der Waals surface area contributed by atoms with Crippen LogP contribution in [0.3, 0.4) is 0 Å². The molecule has 0 radical (unpaired) electrons. The molecular weight excluding hydrogens is 122 g/mol. The normalized spacial score (nSPS) is 12.1. The van der Waals surface area contributed by atoms with Gasteiger partial charge in [-0.05, 0) is 0 Å². The van der Waals surface area contributed by atoms with Gasteiger partial charge in [0.25, 0.3) is 0 Å². The smallest absolute Gasteiger partial charge is 0.186 e.